The molecule has 22 heavy (non-hydrogen) atoms. The number of hydrogen-bond acceptors (Lipinski definition) is 1. The van der Waals surface area contributed by atoms with Gasteiger partial charge in [-0.25, -0.2) is 0 Å². The topological polar surface area (TPSA) is 36.4 Å². The van der Waals surface area contributed by atoms with E-state index in [4.69, 9.17) is 0 Å². The molecule has 0 heterocycles. The molecular formula is C18H28IN3. The number of rotatable bonds is 7. The second-order valence-corrected chi connectivity index (χ2v) is 6.58. The molecule has 0 saturated heterocycles. The Balaban J connectivity index is 0.00000176. The summed E-state index contributed by atoms with van der Waals surface area (Å²) in [5.41, 5.74) is 2.04. The highest BCUT2D eigenvalue weighted by atomic mass is 127. The third-order valence-corrected chi connectivity index (χ3v) is 4.94. The van der Waals surface area contributed by atoms with Crippen LogP contribution in [0.25, 0.3) is 0 Å². The van der Waals surface area contributed by atoms with Crippen molar-refractivity contribution < 1.29 is 0 Å². The molecule has 0 radical (unpaired) electrons. The quantitative estimate of drug-likeness (QED) is 0.310. The van der Waals surface area contributed by atoms with Gasteiger partial charge >= 0.3 is 0 Å². The highest BCUT2D eigenvalue weighted by Crippen LogP contribution is 2.60. The van der Waals surface area contributed by atoms with Crippen LogP contribution in [-0.4, -0.2) is 26.1 Å². The van der Waals surface area contributed by atoms with Crippen molar-refractivity contribution in [3.05, 3.63) is 35.9 Å². The highest BCUT2D eigenvalue weighted by Gasteiger charge is 2.53. The van der Waals surface area contributed by atoms with Gasteiger partial charge in [-0.3, -0.25) is 4.99 Å². The van der Waals surface area contributed by atoms with Crippen molar-refractivity contribution in [2.75, 3.05) is 20.1 Å². The van der Waals surface area contributed by atoms with E-state index < -0.39 is 0 Å². The molecule has 2 aliphatic rings. The van der Waals surface area contributed by atoms with Crippen LogP contribution in [0.2, 0.25) is 0 Å². The Morgan fingerprint density at radius 1 is 1.18 bits per heavy atom. The summed E-state index contributed by atoms with van der Waals surface area (Å²) in [6.45, 7) is 2.08. The van der Waals surface area contributed by atoms with Crippen molar-refractivity contribution in [1.29, 1.82) is 0 Å². The molecule has 3 rings (SSSR count). The van der Waals surface area contributed by atoms with E-state index in [0.29, 0.717) is 5.41 Å². The standard InChI is InChI=1S/C18H27N3.HI/c1-19-17(21-14-18(11-12-18)16-9-10-16)20-13-5-8-15-6-3-2-4-7-15;/h2-4,6-7,16H,5,8-14H2,1H3,(H2,19,20,21);1H. The average Bonchev–Trinajstić information content (AvgIpc) is 3.39. The molecule has 1 aromatic carbocycles. The molecule has 2 aliphatic carbocycles. The van der Waals surface area contributed by atoms with Crippen LogP contribution in [0.15, 0.2) is 35.3 Å². The maximum Gasteiger partial charge on any atom is 0.190 e. The van der Waals surface area contributed by atoms with Crippen molar-refractivity contribution in [1.82, 2.24) is 10.6 Å². The molecule has 2 fully saturated rings. The van der Waals surface area contributed by atoms with Gasteiger partial charge in [0.05, 0.1) is 0 Å². The van der Waals surface area contributed by atoms with Crippen LogP contribution in [0.1, 0.15) is 37.7 Å². The number of benzene rings is 1. The SMILES string of the molecule is CN=C(NCCCc1ccccc1)NCC1(C2CC2)CC1.I. The van der Waals surface area contributed by atoms with Gasteiger partial charge in [-0.1, -0.05) is 30.3 Å². The molecule has 4 heteroatoms. The molecule has 0 unspecified atom stereocenters. The molecule has 3 nitrogen and oxygen atoms in total. The van der Waals surface area contributed by atoms with Gasteiger partial charge in [-0.2, -0.15) is 0 Å². The Kier molecular flexibility index (Phi) is 6.53. The zero-order chi connectivity index (χ0) is 14.5. The van der Waals surface area contributed by atoms with Crippen molar-refractivity contribution in [3.63, 3.8) is 0 Å². The normalized spacial score (nSPS) is 19.2. The van der Waals surface area contributed by atoms with Crippen LogP contribution in [0.5, 0.6) is 0 Å². The fourth-order valence-electron chi connectivity index (χ4n) is 3.21. The molecular weight excluding hydrogens is 385 g/mol. The first-order valence-electron chi connectivity index (χ1n) is 8.31. The first kappa shape index (κ1) is 17.6. The fourth-order valence-corrected chi connectivity index (χ4v) is 3.21. The molecule has 2 saturated carbocycles. The summed E-state index contributed by atoms with van der Waals surface area (Å²) in [5.74, 6) is 1.97. The zero-order valence-corrected chi connectivity index (χ0v) is 15.8. The number of nitrogens with zero attached hydrogens (tertiary/aromatic N) is 1. The summed E-state index contributed by atoms with van der Waals surface area (Å²) in [4.78, 5) is 4.34. The first-order chi connectivity index (χ1) is 10.3. The van der Waals surface area contributed by atoms with Crippen LogP contribution in [0.4, 0.5) is 0 Å². The number of aryl methyl sites for hydroxylation is 1. The van der Waals surface area contributed by atoms with Gasteiger partial charge in [0.15, 0.2) is 5.96 Å². The lowest BCUT2D eigenvalue weighted by Crippen LogP contribution is -2.41. The highest BCUT2D eigenvalue weighted by molar-refractivity contribution is 14.0. The monoisotopic (exact) mass is 413 g/mol. The van der Waals surface area contributed by atoms with Crippen LogP contribution < -0.4 is 10.6 Å². The minimum atomic E-state index is 0. The third kappa shape index (κ3) is 4.86. The number of guanidine groups is 1. The van der Waals surface area contributed by atoms with Gasteiger partial charge < -0.3 is 10.6 Å². The van der Waals surface area contributed by atoms with Crippen molar-refractivity contribution in [2.24, 2.45) is 16.3 Å². The molecule has 122 valence electrons. The Bertz CT molecular complexity index is 478. The lowest BCUT2D eigenvalue weighted by Gasteiger charge is -2.18. The van der Waals surface area contributed by atoms with Crippen molar-refractivity contribution in [2.45, 2.75) is 38.5 Å². The lowest BCUT2D eigenvalue weighted by atomic mass is 10.0. The van der Waals surface area contributed by atoms with E-state index in [1.54, 1.807) is 0 Å². The van der Waals surface area contributed by atoms with Gasteiger partial charge in [-0.05, 0) is 55.4 Å². The Morgan fingerprint density at radius 2 is 1.91 bits per heavy atom. The number of hydrogen-bond donors (Lipinski definition) is 2. The second kappa shape index (κ2) is 8.18. The van der Waals surface area contributed by atoms with Gasteiger partial charge in [0.2, 0.25) is 0 Å². The summed E-state index contributed by atoms with van der Waals surface area (Å²) in [5, 5.41) is 6.97. The van der Waals surface area contributed by atoms with Gasteiger partial charge in [0.1, 0.15) is 0 Å². The summed E-state index contributed by atoms with van der Waals surface area (Å²) in [6.07, 6.45) is 7.98. The van der Waals surface area contributed by atoms with Crippen LogP contribution in [0.3, 0.4) is 0 Å². The van der Waals surface area contributed by atoms with Crippen LogP contribution >= 0.6 is 24.0 Å². The average molecular weight is 413 g/mol. The van der Waals surface area contributed by atoms with E-state index in [1.807, 2.05) is 7.05 Å². The van der Waals surface area contributed by atoms with Gasteiger partial charge in [0.25, 0.3) is 0 Å². The minimum Gasteiger partial charge on any atom is -0.356 e. The Labute approximate surface area is 151 Å². The maximum atomic E-state index is 4.34. The van der Waals surface area contributed by atoms with Gasteiger partial charge in [0, 0.05) is 20.1 Å². The summed E-state index contributed by atoms with van der Waals surface area (Å²) in [6, 6.07) is 10.7. The molecule has 0 aromatic heterocycles. The van der Waals surface area contributed by atoms with Crippen LogP contribution in [-0.2, 0) is 6.42 Å². The Morgan fingerprint density at radius 3 is 2.50 bits per heavy atom. The predicted molar refractivity (Wildman–Crippen MR) is 104 cm³/mol. The smallest absolute Gasteiger partial charge is 0.190 e. The fraction of sp³-hybridized carbons (Fsp3) is 0.611. The molecule has 0 spiro atoms. The molecule has 0 atom stereocenters. The van der Waals surface area contributed by atoms with Crippen molar-refractivity contribution in [3.8, 4) is 0 Å². The lowest BCUT2D eigenvalue weighted by molar-refractivity contribution is 0.431. The zero-order valence-electron chi connectivity index (χ0n) is 13.5. The molecule has 2 N–H and O–H groups in total. The predicted octanol–water partition coefficient (Wildman–Crippen LogP) is 3.59. The summed E-state index contributed by atoms with van der Waals surface area (Å²) < 4.78 is 0. The molecule has 0 bridgehead atoms. The third-order valence-electron chi connectivity index (χ3n) is 4.94. The van der Waals surface area contributed by atoms with E-state index in [2.05, 4.69) is 46.0 Å². The maximum absolute atomic E-state index is 4.34. The number of nitrogens with one attached hydrogen (secondary N) is 2. The minimum absolute atomic E-state index is 0. The van der Waals surface area contributed by atoms with Gasteiger partial charge in [-0.15, -0.1) is 24.0 Å². The molecule has 0 aliphatic heterocycles. The molecule has 0 amide bonds. The van der Waals surface area contributed by atoms with E-state index in [9.17, 15) is 0 Å². The van der Waals surface area contributed by atoms with E-state index in [0.717, 1.165) is 37.8 Å². The summed E-state index contributed by atoms with van der Waals surface area (Å²) >= 11 is 0. The molecule has 1 aromatic rings. The van der Waals surface area contributed by atoms with Crippen molar-refractivity contribution >= 4 is 29.9 Å². The Hall–Kier alpha value is -0.780. The second-order valence-electron chi connectivity index (χ2n) is 6.58. The van der Waals surface area contributed by atoms with E-state index in [-0.39, 0.29) is 24.0 Å². The van der Waals surface area contributed by atoms with E-state index in [1.165, 1.54) is 31.2 Å². The first-order valence-corrected chi connectivity index (χ1v) is 8.31. The number of halogens is 1. The summed E-state index contributed by atoms with van der Waals surface area (Å²) in [7, 11) is 1.86. The van der Waals surface area contributed by atoms with Crippen LogP contribution in [0, 0.1) is 11.3 Å². The number of aliphatic imine (C=N–C) groups is 1. The largest absolute Gasteiger partial charge is 0.356 e. The van der Waals surface area contributed by atoms with E-state index >= 15 is 0 Å².